The quantitative estimate of drug-likeness (QED) is 0.0894. The van der Waals surface area contributed by atoms with Crippen molar-refractivity contribution in [2.75, 3.05) is 0 Å². The molecule has 42 heavy (non-hydrogen) atoms. The number of carboxylic acid groups (broad SMARTS) is 1. The van der Waals surface area contributed by atoms with Gasteiger partial charge in [0.15, 0.2) is 6.19 Å². The highest BCUT2D eigenvalue weighted by atomic mass is 16.4. The monoisotopic (exact) mass is 566 g/mol. The number of rotatable bonds is 8. The van der Waals surface area contributed by atoms with E-state index in [1.54, 1.807) is 25.2 Å². The summed E-state index contributed by atoms with van der Waals surface area (Å²) in [5.74, 6) is -1.88. The van der Waals surface area contributed by atoms with E-state index in [-0.39, 0.29) is 47.8 Å². The van der Waals surface area contributed by atoms with Crippen molar-refractivity contribution in [2.24, 2.45) is 10.7 Å². The van der Waals surface area contributed by atoms with E-state index >= 15 is 0 Å². The van der Waals surface area contributed by atoms with Crippen LogP contribution in [0.3, 0.4) is 0 Å². The van der Waals surface area contributed by atoms with Gasteiger partial charge < -0.3 is 21.5 Å². The van der Waals surface area contributed by atoms with E-state index in [1.165, 1.54) is 16.9 Å². The number of aromatic carboxylic acids is 1. The van der Waals surface area contributed by atoms with Crippen molar-refractivity contribution >= 4 is 29.5 Å². The van der Waals surface area contributed by atoms with Crippen molar-refractivity contribution in [3.05, 3.63) is 93.6 Å². The first-order chi connectivity index (χ1) is 20.2. The van der Waals surface area contributed by atoms with Gasteiger partial charge in [-0.1, -0.05) is 30.3 Å². The summed E-state index contributed by atoms with van der Waals surface area (Å²) in [6.07, 6.45) is 4.19. The lowest BCUT2D eigenvalue weighted by Gasteiger charge is -2.16. The fraction of sp³-hybridized carbons (Fsp3) is 0.214. The van der Waals surface area contributed by atoms with Crippen molar-refractivity contribution in [2.45, 2.75) is 38.9 Å². The number of hydrogen-bond donors (Lipinski definition) is 5. The first-order valence-electron chi connectivity index (χ1n) is 12.9. The summed E-state index contributed by atoms with van der Waals surface area (Å²) in [5.41, 5.74) is 9.99. The van der Waals surface area contributed by atoms with Gasteiger partial charge in [0.25, 0.3) is 17.6 Å². The van der Waals surface area contributed by atoms with Crippen LogP contribution in [0.15, 0.2) is 53.8 Å². The number of benzene rings is 2. The highest BCUT2D eigenvalue weighted by molar-refractivity contribution is 5.98. The van der Waals surface area contributed by atoms with Crippen LogP contribution in [0.1, 0.15) is 71.6 Å². The summed E-state index contributed by atoms with van der Waals surface area (Å²) in [5, 5.41) is 30.2. The third kappa shape index (κ3) is 5.70. The summed E-state index contributed by atoms with van der Waals surface area (Å²) in [4.78, 5) is 50.4. The number of aliphatic imine (C=N–C) groups is 1. The first kappa shape index (κ1) is 27.7. The molecular formula is C28H26N10O4. The molecular weight excluding hydrogens is 540 g/mol. The van der Waals surface area contributed by atoms with E-state index in [2.05, 4.69) is 36.0 Å². The SMILES string of the molecule is Cc1c(C(=O)O)ccc2c1CC[C@@H]2NC(=O)c1cc(C(=O)NCc2cccc(CN=C(N)NC#N)c2)nc2ncnn12. The Morgan fingerprint density at radius 3 is 2.79 bits per heavy atom. The molecule has 0 aliphatic heterocycles. The molecule has 212 valence electrons. The Labute approximate surface area is 239 Å². The molecule has 2 heterocycles. The highest BCUT2D eigenvalue weighted by Gasteiger charge is 2.29. The van der Waals surface area contributed by atoms with Crippen LogP contribution in [0.5, 0.6) is 0 Å². The number of aromatic nitrogens is 4. The van der Waals surface area contributed by atoms with Gasteiger partial charge in [-0.2, -0.15) is 19.9 Å². The van der Waals surface area contributed by atoms with Gasteiger partial charge in [-0.15, -0.1) is 0 Å². The van der Waals surface area contributed by atoms with Gasteiger partial charge in [-0.25, -0.2) is 14.8 Å². The van der Waals surface area contributed by atoms with Gasteiger partial charge in [-0.05, 0) is 53.6 Å². The molecule has 0 fully saturated rings. The number of nitrogens with one attached hydrogen (secondary N) is 3. The van der Waals surface area contributed by atoms with Crippen LogP contribution in [0, 0.1) is 18.4 Å². The molecule has 2 amide bonds. The van der Waals surface area contributed by atoms with Crippen LogP contribution < -0.4 is 21.7 Å². The predicted octanol–water partition coefficient (Wildman–Crippen LogP) is 1.36. The number of nitriles is 1. The molecule has 0 radical (unpaired) electrons. The second-order valence-corrected chi connectivity index (χ2v) is 9.62. The molecule has 2 aromatic carbocycles. The largest absolute Gasteiger partial charge is 0.478 e. The Bertz CT molecular complexity index is 1790. The number of nitrogens with zero attached hydrogens (tertiary/aromatic N) is 6. The third-order valence-corrected chi connectivity index (χ3v) is 7.01. The lowest BCUT2D eigenvalue weighted by Crippen LogP contribution is -2.30. The van der Waals surface area contributed by atoms with Crippen molar-refractivity contribution in [3.8, 4) is 6.19 Å². The number of amides is 2. The minimum Gasteiger partial charge on any atom is -0.478 e. The zero-order valence-corrected chi connectivity index (χ0v) is 22.5. The number of nitrogens with two attached hydrogens (primary N) is 1. The van der Waals surface area contributed by atoms with Gasteiger partial charge in [-0.3, -0.25) is 14.9 Å². The second kappa shape index (κ2) is 11.7. The Hall–Kier alpha value is -5.84. The van der Waals surface area contributed by atoms with Gasteiger partial charge in [0.1, 0.15) is 17.7 Å². The topological polar surface area (TPSA) is 213 Å². The Morgan fingerprint density at radius 2 is 2.00 bits per heavy atom. The Balaban J connectivity index is 1.31. The van der Waals surface area contributed by atoms with Crippen molar-refractivity contribution in [1.29, 1.82) is 5.26 Å². The summed E-state index contributed by atoms with van der Waals surface area (Å²) in [6.45, 7) is 2.20. The second-order valence-electron chi connectivity index (χ2n) is 9.62. The summed E-state index contributed by atoms with van der Waals surface area (Å²) >= 11 is 0. The van der Waals surface area contributed by atoms with Gasteiger partial charge in [0, 0.05) is 12.6 Å². The summed E-state index contributed by atoms with van der Waals surface area (Å²) in [7, 11) is 0. The molecule has 0 saturated heterocycles. The molecule has 0 spiro atoms. The third-order valence-electron chi connectivity index (χ3n) is 7.01. The molecule has 1 aliphatic carbocycles. The van der Waals surface area contributed by atoms with E-state index < -0.39 is 17.8 Å². The summed E-state index contributed by atoms with van der Waals surface area (Å²) < 4.78 is 1.26. The minimum atomic E-state index is -0.990. The number of guanidine groups is 1. The van der Waals surface area contributed by atoms with Crippen LogP contribution in [0.25, 0.3) is 5.78 Å². The zero-order chi connectivity index (χ0) is 29.8. The standard InChI is InChI=1S/C28H26N10O4/c1-15-18-7-8-21(20(18)6-5-19(15)26(41)42)36-25(40)23-10-22(37-28-34-14-35-38(23)28)24(39)31-11-16-3-2-4-17(9-16)12-32-27(30)33-13-29/h2-6,9-10,14,21H,7-8,11-12H2,1H3,(H,31,39)(H,36,40)(H,41,42)(H3,30,32,33)/t21-/m0/s1. The molecule has 0 saturated carbocycles. The molecule has 1 atom stereocenters. The molecule has 0 bridgehead atoms. The van der Waals surface area contributed by atoms with E-state index in [1.807, 2.05) is 24.3 Å². The smallest absolute Gasteiger partial charge is 0.335 e. The molecule has 14 heteroatoms. The van der Waals surface area contributed by atoms with E-state index in [9.17, 15) is 19.5 Å². The number of fused-ring (bicyclic) bond motifs is 2. The van der Waals surface area contributed by atoms with E-state index in [4.69, 9.17) is 11.0 Å². The maximum absolute atomic E-state index is 13.4. The lowest BCUT2D eigenvalue weighted by molar-refractivity contribution is 0.0695. The number of carboxylic acids is 1. The van der Waals surface area contributed by atoms with Gasteiger partial charge in [0.05, 0.1) is 18.2 Å². The Morgan fingerprint density at radius 1 is 1.19 bits per heavy atom. The van der Waals surface area contributed by atoms with Crippen molar-refractivity contribution < 1.29 is 19.5 Å². The molecule has 2 aromatic heterocycles. The zero-order valence-electron chi connectivity index (χ0n) is 22.5. The maximum Gasteiger partial charge on any atom is 0.335 e. The van der Waals surface area contributed by atoms with Crippen LogP contribution >= 0.6 is 0 Å². The molecule has 5 rings (SSSR count). The maximum atomic E-state index is 13.4. The average Bonchev–Trinajstić information content (AvgIpc) is 3.62. The van der Waals surface area contributed by atoms with Crippen LogP contribution in [-0.4, -0.2) is 48.4 Å². The van der Waals surface area contributed by atoms with E-state index in [0.29, 0.717) is 18.4 Å². The number of carbonyl (C=O) groups excluding carboxylic acids is 2. The van der Waals surface area contributed by atoms with Crippen LogP contribution in [0.2, 0.25) is 0 Å². The van der Waals surface area contributed by atoms with Gasteiger partial charge in [0.2, 0.25) is 5.96 Å². The molecule has 0 unspecified atom stereocenters. The van der Waals surface area contributed by atoms with Crippen LogP contribution in [0.4, 0.5) is 0 Å². The fourth-order valence-electron chi connectivity index (χ4n) is 4.97. The van der Waals surface area contributed by atoms with Crippen LogP contribution in [-0.2, 0) is 19.5 Å². The van der Waals surface area contributed by atoms with Crippen molar-refractivity contribution in [1.82, 2.24) is 35.5 Å². The fourth-order valence-corrected chi connectivity index (χ4v) is 4.97. The summed E-state index contributed by atoms with van der Waals surface area (Å²) in [6, 6.07) is 11.6. The predicted molar refractivity (Wildman–Crippen MR) is 149 cm³/mol. The Kier molecular flexibility index (Phi) is 7.74. The van der Waals surface area contributed by atoms with Crippen molar-refractivity contribution in [3.63, 3.8) is 0 Å². The number of hydrogen-bond acceptors (Lipinski definition) is 8. The van der Waals surface area contributed by atoms with Gasteiger partial charge >= 0.3 is 5.97 Å². The normalized spacial score (nSPS) is 14.2. The number of carbonyl (C=O) groups is 3. The molecule has 4 aromatic rings. The molecule has 14 nitrogen and oxygen atoms in total. The minimum absolute atomic E-state index is 0.00516. The first-order valence-corrected chi connectivity index (χ1v) is 12.9. The molecule has 6 N–H and O–H groups in total. The molecule has 1 aliphatic rings. The average molecular weight is 567 g/mol. The van der Waals surface area contributed by atoms with E-state index in [0.717, 1.165) is 22.3 Å². The highest BCUT2D eigenvalue weighted by Crippen LogP contribution is 2.34. The lowest BCUT2D eigenvalue weighted by atomic mass is 9.98.